The third kappa shape index (κ3) is 1.61. The standard InChI is InChI=1S/C12H13NO2/c1-8-5-4-6-9-10(14-2)7-11(15-3)13-12(8)9/h4-7H,1-3H3. The maximum Gasteiger partial charge on any atom is 0.217 e. The number of rotatable bonds is 2. The summed E-state index contributed by atoms with van der Waals surface area (Å²) >= 11 is 0. The van der Waals surface area contributed by atoms with E-state index < -0.39 is 0 Å². The molecule has 0 aliphatic carbocycles. The highest BCUT2D eigenvalue weighted by molar-refractivity contribution is 5.88. The van der Waals surface area contributed by atoms with Crippen LogP contribution in [0.3, 0.4) is 0 Å². The molecule has 2 aromatic rings. The van der Waals surface area contributed by atoms with Gasteiger partial charge in [0.05, 0.1) is 19.7 Å². The molecule has 0 spiro atoms. The van der Waals surface area contributed by atoms with Gasteiger partial charge in [-0.05, 0) is 18.6 Å². The number of fused-ring (bicyclic) bond motifs is 1. The molecular weight excluding hydrogens is 190 g/mol. The topological polar surface area (TPSA) is 31.4 Å². The first-order valence-corrected chi connectivity index (χ1v) is 4.74. The van der Waals surface area contributed by atoms with E-state index >= 15 is 0 Å². The predicted octanol–water partition coefficient (Wildman–Crippen LogP) is 2.56. The van der Waals surface area contributed by atoms with Crippen LogP contribution in [0.5, 0.6) is 11.6 Å². The van der Waals surface area contributed by atoms with E-state index in [1.165, 1.54) is 0 Å². The van der Waals surface area contributed by atoms with Gasteiger partial charge in [-0.3, -0.25) is 0 Å². The first-order chi connectivity index (χ1) is 7.26. The van der Waals surface area contributed by atoms with Crippen LogP contribution >= 0.6 is 0 Å². The summed E-state index contributed by atoms with van der Waals surface area (Å²) < 4.78 is 10.4. The molecule has 1 aromatic carbocycles. The molecule has 0 unspecified atom stereocenters. The van der Waals surface area contributed by atoms with E-state index in [-0.39, 0.29) is 0 Å². The Morgan fingerprint density at radius 2 is 1.93 bits per heavy atom. The highest BCUT2D eigenvalue weighted by Gasteiger charge is 2.07. The van der Waals surface area contributed by atoms with Crippen molar-refractivity contribution in [2.45, 2.75) is 6.92 Å². The monoisotopic (exact) mass is 203 g/mol. The largest absolute Gasteiger partial charge is 0.496 e. The molecule has 15 heavy (non-hydrogen) atoms. The van der Waals surface area contributed by atoms with Crippen molar-refractivity contribution in [1.82, 2.24) is 4.98 Å². The van der Waals surface area contributed by atoms with Crippen LogP contribution in [0.25, 0.3) is 10.9 Å². The number of methoxy groups -OCH3 is 2. The Hall–Kier alpha value is -1.77. The SMILES string of the molecule is COc1cc(OC)c2cccc(C)c2n1. The maximum atomic E-state index is 5.30. The van der Waals surface area contributed by atoms with Gasteiger partial charge in [0.15, 0.2) is 0 Å². The molecule has 0 fully saturated rings. The van der Waals surface area contributed by atoms with E-state index in [1.807, 2.05) is 25.1 Å². The van der Waals surface area contributed by atoms with Crippen LogP contribution in [0, 0.1) is 6.92 Å². The Labute approximate surface area is 88.7 Å². The number of ether oxygens (including phenoxy) is 2. The summed E-state index contributed by atoms with van der Waals surface area (Å²) in [5.41, 5.74) is 2.04. The Bertz CT molecular complexity index is 494. The van der Waals surface area contributed by atoms with Gasteiger partial charge < -0.3 is 9.47 Å². The molecule has 2 rings (SSSR count). The zero-order valence-corrected chi connectivity index (χ0v) is 9.07. The summed E-state index contributed by atoms with van der Waals surface area (Å²) in [7, 11) is 3.25. The lowest BCUT2D eigenvalue weighted by molar-refractivity contribution is 0.386. The highest BCUT2D eigenvalue weighted by atomic mass is 16.5. The second-order valence-electron chi connectivity index (χ2n) is 3.34. The third-order valence-electron chi connectivity index (χ3n) is 2.41. The van der Waals surface area contributed by atoms with E-state index in [2.05, 4.69) is 4.98 Å². The van der Waals surface area contributed by atoms with Gasteiger partial charge in [-0.1, -0.05) is 12.1 Å². The summed E-state index contributed by atoms with van der Waals surface area (Å²) in [4.78, 5) is 4.40. The van der Waals surface area contributed by atoms with Crippen molar-refractivity contribution in [1.29, 1.82) is 0 Å². The number of pyridine rings is 1. The fourth-order valence-corrected chi connectivity index (χ4v) is 1.61. The van der Waals surface area contributed by atoms with E-state index in [0.29, 0.717) is 5.88 Å². The third-order valence-corrected chi connectivity index (χ3v) is 2.41. The summed E-state index contributed by atoms with van der Waals surface area (Å²) in [6.07, 6.45) is 0. The van der Waals surface area contributed by atoms with Crippen molar-refractivity contribution in [3.8, 4) is 11.6 Å². The fourth-order valence-electron chi connectivity index (χ4n) is 1.61. The van der Waals surface area contributed by atoms with Gasteiger partial charge >= 0.3 is 0 Å². The normalized spacial score (nSPS) is 10.3. The van der Waals surface area contributed by atoms with Crippen molar-refractivity contribution in [2.75, 3.05) is 14.2 Å². The minimum absolute atomic E-state index is 0.577. The molecule has 0 bridgehead atoms. The minimum atomic E-state index is 0.577. The summed E-state index contributed by atoms with van der Waals surface area (Å²) in [6.45, 7) is 2.02. The summed E-state index contributed by atoms with van der Waals surface area (Å²) in [6, 6.07) is 7.80. The molecule has 1 aromatic heterocycles. The number of aromatic nitrogens is 1. The highest BCUT2D eigenvalue weighted by Crippen LogP contribution is 2.29. The van der Waals surface area contributed by atoms with Crippen molar-refractivity contribution in [3.05, 3.63) is 29.8 Å². The van der Waals surface area contributed by atoms with E-state index in [0.717, 1.165) is 22.2 Å². The molecule has 78 valence electrons. The van der Waals surface area contributed by atoms with Crippen molar-refractivity contribution >= 4 is 10.9 Å². The molecule has 1 heterocycles. The van der Waals surface area contributed by atoms with Gasteiger partial charge in [0, 0.05) is 11.5 Å². The molecule has 3 heteroatoms. The van der Waals surface area contributed by atoms with Gasteiger partial charge in [0.25, 0.3) is 0 Å². The van der Waals surface area contributed by atoms with Crippen LogP contribution in [0.1, 0.15) is 5.56 Å². The van der Waals surface area contributed by atoms with Crippen molar-refractivity contribution < 1.29 is 9.47 Å². The van der Waals surface area contributed by atoms with Crippen molar-refractivity contribution in [3.63, 3.8) is 0 Å². The van der Waals surface area contributed by atoms with E-state index in [1.54, 1.807) is 20.3 Å². The maximum absolute atomic E-state index is 5.30. The van der Waals surface area contributed by atoms with Gasteiger partial charge in [-0.2, -0.15) is 0 Å². The first kappa shape index (κ1) is 9.77. The number of hydrogen-bond acceptors (Lipinski definition) is 3. The minimum Gasteiger partial charge on any atom is -0.496 e. The van der Waals surface area contributed by atoms with Crippen LogP contribution in [0.4, 0.5) is 0 Å². The smallest absolute Gasteiger partial charge is 0.217 e. The van der Waals surface area contributed by atoms with Gasteiger partial charge in [-0.25, -0.2) is 4.98 Å². The number of aryl methyl sites for hydroxylation is 1. The second kappa shape index (κ2) is 3.77. The summed E-state index contributed by atoms with van der Waals surface area (Å²) in [5, 5.41) is 1.01. The molecule has 0 radical (unpaired) electrons. The zero-order valence-electron chi connectivity index (χ0n) is 9.07. The predicted molar refractivity (Wildman–Crippen MR) is 59.6 cm³/mol. The quantitative estimate of drug-likeness (QED) is 0.751. The summed E-state index contributed by atoms with van der Waals surface area (Å²) in [5.74, 6) is 1.37. The van der Waals surface area contributed by atoms with Crippen molar-refractivity contribution in [2.24, 2.45) is 0 Å². The van der Waals surface area contributed by atoms with Gasteiger partial charge in [0.1, 0.15) is 5.75 Å². The second-order valence-corrected chi connectivity index (χ2v) is 3.34. The molecular formula is C12H13NO2. The lowest BCUT2D eigenvalue weighted by atomic mass is 10.1. The average Bonchev–Trinajstić information content (AvgIpc) is 2.28. The first-order valence-electron chi connectivity index (χ1n) is 4.74. The fraction of sp³-hybridized carbons (Fsp3) is 0.250. The average molecular weight is 203 g/mol. The Morgan fingerprint density at radius 1 is 1.13 bits per heavy atom. The Balaban J connectivity index is 2.80. The van der Waals surface area contributed by atoms with Crippen LogP contribution < -0.4 is 9.47 Å². The van der Waals surface area contributed by atoms with Crippen LogP contribution in [-0.4, -0.2) is 19.2 Å². The van der Waals surface area contributed by atoms with Crippen LogP contribution in [0.15, 0.2) is 24.3 Å². The van der Waals surface area contributed by atoms with Crippen LogP contribution in [-0.2, 0) is 0 Å². The zero-order chi connectivity index (χ0) is 10.8. The molecule has 0 N–H and O–H groups in total. The number of para-hydroxylation sites is 1. The Morgan fingerprint density at radius 3 is 2.60 bits per heavy atom. The number of benzene rings is 1. The molecule has 0 saturated carbocycles. The lowest BCUT2D eigenvalue weighted by Gasteiger charge is -2.08. The molecule has 0 aliphatic heterocycles. The van der Waals surface area contributed by atoms with Gasteiger partial charge in [-0.15, -0.1) is 0 Å². The molecule has 3 nitrogen and oxygen atoms in total. The number of nitrogens with zero attached hydrogens (tertiary/aromatic N) is 1. The van der Waals surface area contributed by atoms with E-state index in [9.17, 15) is 0 Å². The van der Waals surface area contributed by atoms with Gasteiger partial charge in [0.2, 0.25) is 5.88 Å². The molecule has 0 amide bonds. The number of hydrogen-bond donors (Lipinski definition) is 0. The van der Waals surface area contributed by atoms with Crippen LogP contribution in [0.2, 0.25) is 0 Å². The molecule has 0 atom stereocenters. The molecule has 0 aliphatic rings. The molecule has 0 saturated heterocycles. The lowest BCUT2D eigenvalue weighted by Crippen LogP contribution is -1.93. The Kier molecular flexibility index (Phi) is 2.46. The van der Waals surface area contributed by atoms with E-state index in [4.69, 9.17) is 9.47 Å².